The Labute approximate surface area is 187 Å². The summed E-state index contributed by atoms with van der Waals surface area (Å²) in [6.45, 7) is 4.63. The molecule has 0 bridgehead atoms. The van der Waals surface area contributed by atoms with Gasteiger partial charge in [0.15, 0.2) is 0 Å². The predicted octanol–water partition coefficient (Wildman–Crippen LogP) is 5.16. The third-order valence-electron chi connectivity index (χ3n) is 4.72. The molecule has 0 unspecified atom stereocenters. The maximum absolute atomic E-state index is 12.3. The van der Waals surface area contributed by atoms with E-state index in [1.54, 1.807) is 60.7 Å². The molecule has 0 aliphatic carbocycles. The van der Waals surface area contributed by atoms with Crippen molar-refractivity contribution >= 4 is 18.1 Å². The molecular weight excluding hydrogens is 404 g/mol. The summed E-state index contributed by atoms with van der Waals surface area (Å²) in [4.78, 5) is 24.5. The number of nitrogens with one attached hydrogen (secondary N) is 1. The second-order valence-electron chi connectivity index (χ2n) is 7.20. The Morgan fingerprint density at radius 3 is 2.31 bits per heavy atom. The van der Waals surface area contributed by atoms with Gasteiger partial charge in [-0.1, -0.05) is 31.5 Å². The van der Waals surface area contributed by atoms with Crippen molar-refractivity contribution in [1.29, 1.82) is 0 Å². The molecular formula is C26H26N2O4. The van der Waals surface area contributed by atoms with Gasteiger partial charge in [0.1, 0.15) is 11.5 Å². The molecule has 1 N–H and O–H groups in total. The molecule has 6 nitrogen and oxygen atoms in total. The van der Waals surface area contributed by atoms with Crippen LogP contribution >= 0.6 is 0 Å². The normalized spacial score (nSPS) is 10.7. The van der Waals surface area contributed by atoms with Crippen molar-refractivity contribution in [2.75, 3.05) is 6.61 Å². The maximum Gasteiger partial charge on any atom is 0.343 e. The molecule has 3 rings (SSSR count). The van der Waals surface area contributed by atoms with Crippen LogP contribution in [0, 0.1) is 6.92 Å². The van der Waals surface area contributed by atoms with E-state index < -0.39 is 5.97 Å². The van der Waals surface area contributed by atoms with Gasteiger partial charge in [0.05, 0.1) is 18.4 Å². The zero-order valence-electron chi connectivity index (χ0n) is 18.2. The van der Waals surface area contributed by atoms with E-state index in [2.05, 4.69) is 17.5 Å². The lowest BCUT2D eigenvalue weighted by Crippen LogP contribution is -2.17. The van der Waals surface area contributed by atoms with E-state index in [1.807, 2.05) is 19.1 Å². The van der Waals surface area contributed by atoms with Gasteiger partial charge in [-0.25, -0.2) is 10.2 Å². The van der Waals surface area contributed by atoms with Crippen LogP contribution in [0.2, 0.25) is 0 Å². The molecule has 1 amide bonds. The first-order valence-corrected chi connectivity index (χ1v) is 10.5. The first-order valence-electron chi connectivity index (χ1n) is 10.5. The SMILES string of the molecule is CCCCOc1ccc(C(=O)N/N=C\c2ccc(OC(=O)c3ccccc3C)cc2)cc1. The Morgan fingerprint density at radius 1 is 0.938 bits per heavy atom. The average Bonchev–Trinajstić information content (AvgIpc) is 2.81. The van der Waals surface area contributed by atoms with Crippen molar-refractivity contribution in [3.8, 4) is 11.5 Å². The van der Waals surface area contributed by atoms with E-state index in [-0.39, 0.29) is 5.91 Å². The first kappa shape index (κ1) is 22.7. The van der Waals surface area contributed by atoms with Crippen LogP contribution in [-0.2, 0) is 0 Å². The van der Waals surface area contributed by atoms with E-state index in [4.69, 9.17) is 9.47 Å². The van der Waals surface area contributed by atoms with E-state index in [9.17, 15) is 9.59 Å². The molecule has 0 saturated carbocycles. The van der Waals surface area contributed by atoms with Crippen molar-refractivity contribution in [2.24, 2.45) is 5.10 Å². The Kier molecular flexibility index (Phi) is 8.15. The van der Waals surface area contributed by atoms with E-state index >= 15 is 0 Å². The Bertz CT molecular complexity index is 1070. The maximum atomic E-state index is 12.3. The molecule has 0 saturated heterocycles. The van der Waals surface area contributed by atoms with Crippen molar-refractivity contribution in [3.05, 3.63) is 95.1 Å². The lowest BCUT2D eigenvalue weighted by molar-refractivity contribution is 0.0733. The number of hydrogen-bond donors (Lipinski definition) is 1. The molecule has 6 heteroatoms. The highest BCUT2D eigenvalue weighted by atomic mass is 16.5. The summed E-state index contributed by atoms with van der Waals surface area (Å²) in [5.41, 5.74) is 5.12. The molecule has 0 aromatic heterocycles. The third kappa shape index (κ3) is 6.54. The van der Waals surface area contributed by atoms with Crippen molar-refractivity contribution < 1.29 is 19.1 Å². The standard InChI is InChI=1S/C26H26N2O4/c1-3-4-17-31-22-15-11-21(12-16-22)25(29)28-27-18-20-9-13-23(14-10-20)32-26(30)24-8-6-5-7-19(24)2/h5-16,18H,3-4,17H2,1-2H3,(H,28,29)/b27-18-. The van der Waals surface area contributed by atoms with Gasteiger partial charge >= 0.3 is 5.97 Å². The number of esters is 1. The Hall–Kier alpha value is -3.93. The summed E-state index contributed by atoms with van der Waals surface area (Å²) in [5.74, 6) is 0.450. The van der Waals surface area contributed by atoms with Crippen LogP contribution in [0.25, 0.3) is 0 Å². The molecule has 0 fully saturated rings. The van der Waals surface area contributed by atoms with Crippen molar-refractivity contribution in [2.45, 2.75) is 26.7 Å². The lowest BCUT2D eigenvalue weighted by Gasteiger charge is -2.07. The van der Waals surface area contributed by atoms with Crippen LogP contribution in [-0.4, -0.2) is 24.7 Å². The predicted molar refractivity (Wildman–Crippen MR) is 124 cm³/mol. The van der Waals surface area contributed by atoms with Gasteiger partial charge in [0.25, 0.3) is 5.91 Å². The van der Waals surface area contributed by atoms with Gasteiger partial charge in [-0.2, -0.15) is 5.10 Å². The fourth-order valence-electron chi connectivity index (χ4n) is 2.85. The quantitative estimate of drug-likeness (QED) is 0.167. The summed E-state index contributed by atoms with van der Waals surface area (Å²) < 4.78 is 11.0. The molecule has 3 aromatic carbocycles. The van der Waals surface area contributed by atoms with Crippen LogP contribution in [0.4, 0.5) is 0 Å². The highest BCUT2D eigenvalue weighted by Crippen LogP contribution is 2.16. The van der Waals surface area contributed by atoms with Crippen LogP contribution in [0.3, 0.4) is 0 Å². The first-order chi connectivity index (χ1) is 15.6. The zero-order valence-corrected chi connectivity index (χ0v) is 18.2. The zero-order chi connectivity index (χ0) is 22.8. The second kappa shape index (κ2) is 11.5. The summed E-state index contributed by atoms with van der Waals surface area (Å²) in [6.07, 6.45) is 3.58. The van der Waals surface area contributed by atoms with Crippen LogP contribution < -0.4 is 14.9 Å². The van der Waals surface area contributed by atoms with Crippen molar-refractivity contribution in [1.82, 2.24) is 5.43 Å². The minimum Gasteiger partial charge on any atom is -0.494 e. The number of hydrazone groups is 1. The largest absolute Gasteiger partial charge is 0.494 e. The summed E-state index contributed by atoms with van der Waals surface area (Å²) in [7, 11) is 0. The fraction of sp³-hybridized carbons (Fsp3) is 0.192. The minimum absolute atomic E-state index is 0.315. The van der Waals surface area contributed by atoms with E-state index in [0.717, 1.165) is 29.7 Å². The highest BCUT2D eigenvalue weighted by molar-refractivity contribution is 5.95. The van der Waals surface area contributed by atoms with E-state index in [1.165, 1.54) is 6.21 Å². The molecule has 0 aliphatic rings. The van der Waals surface area contributed by atoms with Gasteiger partial charge in [-0.05, 0) is 79.1 Å². The number of hydrogen-bond acceptors (Lipinski definition) is 5. The van der Waals surface area contributed by atoms with Gasteiger partial charge in [-0.15, -0.1) is 0 Å². The molecule has 0 atom stereocenters. The topological polar surface area (TPSA) is 77.0 Å². The number of unbranched alkanes of at least 4 members (excludes halogenated alkanes) is 1. The molecule has 3 aromatic rings. The van der Waals surface area contributed by atoms with Crippen LogP contribution in [0.5, 0.6) is 11.5 Å². The Balaban J connectivity index is 1.50. The molecule has 0 spiro atoms. The molecule has 164 valence electrons. The summed E-state index contributed by atoms with van der Waals surface area (Å²) in [6, 6.07) is 21.0. The summed E-state index contributed by atoms with van der Waals surface area (Å²) in [5, 5.41) is 3.99. The van der Waals surface area contributed by atoms with E-state index in [0.29, 0.717) is 23.5 Å². The number of ether oxygens (including phenoxy) is 2. The third-order valence-corrected chi connectivity index (χ3v) is 4.72. The lowest BCUT2D eigenvalue weighted by atomic mass is 10.1. The van der Waals surface area contributed by atoms with Gasteiger partial charge < -0.3 is 9.47 Å². The van der Waals surface area contributed by atoms with Crippen LogP contribution in [0.15, 0.2) is 77.9 Å². The molecule has 0 heterocycles. The fourth-order valence-corrected chi connectivity index (χ4v) is 2.85. The number of carbonyl (C=O) groups excluding carboxylic acids is 2. The minimum atomic E-state index is -0.404. The number of aryl methyl sites for hydroxylation is 1. The van der Waals surface area contributed by atoms with Crippen LogP contribution in [0.1, 0.15) is 51.6 Å². The van der Waals surface area contributed by atoms with Gasteiger partial charge in [0, 0.05) is 5.56 Å². The molecule has 0 radical (unpaired) electrons. The highest BCUT2D eigenvalue weighted by Gasteiger charge is 2.10. The number of nitrogens with zero attached hydrogens (tertiary/aromatic N) is 1. The number of amides is 1. The number of rotatable bonds is 9. The summed E-state index contributed by atoms with van der Waals surface area (Å²) >= 11 is 0. The monoisotopic (exact) mass is 430 g/mol. The molecule has 32 heavy (non-hydrogen) atoms. The van der Waals surface area contributed by atoms with Crippen molar-refractivity contribution in [3.63, 3.8) is 0 Å². The van der Waals surface area contributed by atoms with Gasteiger partial charge in [0.2, 0.25) is 0 Å². The van der Waals surface area contributed by atoms with Gasteiger partial charge in [-0.3, -0.25) is 4.79 Å². The second-order valence-corrected chi connectivity index (χ2v) is 7.20. The number of benzene rings is 3. The number of carbonyl (C=O) groups is 2. The smallest absolute Gasteiger partial charge is 0.343 e. The Morgan fingerprint density at radius 2 is 1.62 bits per heavy atom. The average molecular weight is 431 g/mol. The molecule has 0 aliphatic heterocycles.